The number of hydrogen-bond acceptors (Lipinski definition) is 6. The Bertz CT molecular complexity index is 1210. The smallest absolute Gasteiger partial charge is 0.416 e. The van der Waals surface area contributed by atoms with Crippen LogP contribution >= 0.6 is 0 Å². The SMILES string of the molecule is O=C(COc1ccccc1/C=N\NC(=O)C(=O)NCc1ccco1)Nc1cccc(C(F)(F)F)c1. The zero-order chi connectivity index (χ0) is 25.3. The molecule has 9 nitrogen and oxygen atoms in total. The van der Waals surface area contributed by atoms with Crippen LogP contribution < -0.4 is 20.8 Å². The highest BCUT2D eigenvalue weighted by Crippen LogP contribution is 2.30. The highest BCUT2D eigenvalue weighted by atomic mass is 19.4. The maximum Gasteiger partial charge on any atom is 0.416 e. The number of carbonyl (C=O) groups excluding carboxylic acids is 3. The Morgan fingerprint density at radius 3 is 2.54 bits per heavy atom. The van der Waals surface area contributed by atoms with Crippen molar-refractivity contribution < 1.29 is 36.7 Å². The van der Waals surface area contributed by atoms with Crippen molar-refractivity contribution in [2.24, 2.45) is 5.10 Å². The van der Waals surface area contributed by atoms with Gasteiger partial charge in [0.05, 0.1) is 24.6 Å². The molecule has 0 saturated carbocycles. The second-order valence-corrected chi connectivity index (χ2v) is 6.91. The first kappa shape index (κ1) is 25.0. The van der Waals surface area contributed by atoms with E-state index in [-0.39, 0.29) is 18.0 Å². The first-order valence-corrected chi connectivity index (χ1v) is 10.0. The van der Waals surface area contributed by atoms with Crippen LogP contribution in [-0.2, 0) is 27.1 Å². The summed E-state index contributed by atoms with van der Waals surface area (Å²) in [5.41, 5.74) is 1.51. The van der Waals surface area contributed by atoms with E-state index in [1.165, 1.54) is 30.7 Å². The zero-order valence-electron chi connectivity index (χ0n) is 18.0. The van der Waals surface area contributed by atoms with Crippen LogP contribution in [0.4, 0.5) is 18.9 Å². The van der Waals surface area contributed by atoms with Crippen molar-refractivity contribution in [3.8, 4) is 5.75 Å². The summed E-state index contributed by atoms with van der Waals surface area (Å²) < 4.78 is 48.9. The minimum absolute atomic E-state index is 0.0300. The first-order chi connectivity index (χ1) is 16.7. The molecule has 0 aliphatic carbocycles. The number of alkyl halides is 3. The summed E-state index contributed by atoms with van der Waals surface area (Å²) in [5.74, 6) is -1.93. The molecule has 0 saturated heterocycles. The number of halogens is 3. The second kappa shape index (κ2) is 11.5. The predicted octanol–water partition coefficient (Wildman–Crippen LogP) is 3.08. The van der Waals surface area contributed by atoms with Gasteiger partial charge in [-0.1, -0.05) is 18.2 Å². The molecule has 0 bridgehead atoms. The number of hydrogen-bond donors (Lipinski definition) is 3. The summed E-state index contributed by atoms with van der Waals surface area (Å²) in [4.78, 5) is 35.7. The van der Waals surface area contributed by atoms with Gasteiger partial charge in [0.1, 0.15) is 11.5 Å². The molecule has 0 unspecified atom stereocenters. The Kier molecular flexibility index (Phi) is 8.22. The van der Waals surface area contributed by atoms with Crippen molar-refractivity contribution >= 4 is 29.6 Å². The van der Waals surface area contributed by atoms with Gasteiger partial charge in [0.2, 0.25) is 0 Å². The average molecular weight is 488 g/mol. The molecule has 35 heavy (non-hydrogen) atoms. The summed E-state index contributed by atoms with van der Waals surface area (Å²) in [7, 11) is 0. The van der Waals surface area contributed by atoms with E-state index in [4.69, 9.17) is 9.15 Å². The van der Waals surface area contributed by atoms with Crippen molar-refractivity contribution in [3.63, 3.8) is 0 Å². The third-order valence-corrected chi connectivity index (χ3v) is 4.33. The number of nitrogens with one attached hydrogen (secondary N) is 3. The molecule has 1 aromatic heterocycles. The molecule has 0 radical (unpaired) electrons. The van der Waals surface area contributed by atoms with E-state index in [1.54, 1.807) is 30.3 Å². The summed E-state index contributed by atoms with van der Waals surface area (Å²) in [6, 6.07) is 13.8. The number of carbonyl (C=O) groups is 3. The number of furan rings is 1. The van der Waals surface area contributed by atoms with Gasteiger partial charge in [-0.05, 0) is 42.5 Å². The number of anilines is 1. The molecule has 0 aliphatic heterocycles. The average Bonchev–Trinajstić information content (AvgIpc) is 3.35. The molecular weight excluding hydrogens is 469 g/mol. The molecule has 1 heterocycles. The van der Waals surface area contributed by atoms with Crippen molar-refractivity contribution in [2.45, 2.75) is 12.7 Å². The van der Waals surface area contributed by atoms with Gasteiger partial charge in [-0.3, -0.25) is 14.4 Å². The monoisotopic (exact) mass is 488 g/mol. The predicted molar refractivity (Wildman–Crippen MR) is 118 cm³/mol. The van der Waals surface area contributed by atoms with Crippen molar-refractivity contribution in [1.82, 2.24) is 10.7 Å². The standard InChI is InChI=1S/C23H19F3N4O5/c24-23(25,26)16-6-3-7-17(11-16)29-20(31)14-35-19-9-2-1-5-15(19)12-28-30-22(33)21(32)27-13-18-8-4-10-34-18/h1-12H,13-14H2,(H,27,32)(H,29,31)(H,30,33)/b28-12-. The molecule has 3 amide bonds. The Balaban J connectivity index is 1.51. The van der Waals surface area contributed by atoms with Crippen LogP contribution in [0, 0.1) is 0 Å². The molecule has 182 valence electrons. The number of para-hydroxylation sites is 1. The highest BCUT2D eigenvalue weighted by molar-refractivity contribution is 6.35. The van der Waals surface area contributed by atoms with Crippen LogP contribution in [-0.4, -0.2) is 30.5 Å². The van der Waals surface area contributed by atoms with Gasteiger partial charge in [0.25, 0.3) is 5.91 Å². The molecule has 0 fully saturated rings. The molecule has 3 N–H and O–H groups in total. The number of amides is 3. The lowest BCUT2D eigenvalue weighted by Gasteiger charge is -2.11. The Hall–Kier alpha value is -4.61. The van der Waals surface area contributed by atoms with E-state index >= 15 is 0 Å². The third-order valence-electron chi connectivity index (χ3n) is 4.33. The Morgan fingerprint density at radius 1 is 1.00 bits per heavy atom. The van der Waals surface area contributed by atoms with Crippen LogP contribution in [0.2, 0.25) is 0 Å². The maximum absolute atomic E-state index is 12.8. The van der Waals surface area contributed by atoms with E-state index in [9.17, 15) is 27.6 Å². The van der Waals surface area contributed by atoms with Crippen LogP contribution in [0.1, 0.15) is 16.9 Å². The van der Waals surface area contributed by atoms with Gasteiger partial charge >= 0.3 is 18.0 Å². The topological polar surface area (TPSA) is 122 Å². The molecular formula is C23H19F3N4O5. The fraction of sp³-hybridized carbons (Fsp3) is 0.130. The summed E-state index contributed by atoms with van der Waals surface area (Å²) in [6.45, 7) is -0.467. The molecule has 3 aromatic rings. The zero-order valence-corrected chi connectivity index (χ0v) is 18.0. The molecule has 2 aromatic carbocycles. The Labute approximate surface area is 197 Å². The first-order valence-electron chi connectivity index (χ1n) is 10.0. The van der Waals surface area contributed by atoms with Crippen LogP contribution in [0.15, 0.2) is 76.4 Å². The lowest BCUT2D eigenvalue weighted by atomic mass is 10.2. The molecule has 0 aliphatic rings. The van der Waals surface area contributed by atoms with Crippen LogP contribution in [0.25, 0.3) is 0 Å². The van der Waals surface area contributed by atoms with Crippen molar-refractivity contribution in [3.05, 3.63) is 83.8 Å². The largest absolute Gasteiger partial charge is 0.483 e. The molecule has 12 heteroatoms. The van der Waals surface area contributed by atoms with Gasteiger partial charge in [0, 0.05) is 11.3 Å². The van der Waals surface area contributed by atoms with E-state index in [0.29, 0.717) is 11.3 Å². The Morgan fingerprint density at radius 2 is 1.80 bits per heavy atom. The highest BCUT2D eigenvalue weighted by Gasteiger charge is 2.30. The fourth-order valence-corrected chi connectivity index (χ4v) is 2.70. The third kappa shape index (κ3) is 7.74. The van der Waals surface area contributed by atoms with E-state index in [0.717, 1.165) is 12.1 Å². The number of hydrazone groups is 1. The van der Waals surface area contributed by atoms with Gasteiger partial charge < -0.3 is 19.8 Å². The number of rotatable bonds is 8. The minimum Gasteiger partial charge on any atom is -0.483 e. The van der Waals surface area contributed by atoms with E-state index < -0.39 is 36.1 Å². The van der Waals surface area contributed by atoms with Crippen LogP contribution in [0.5, 0.6) is 5.75 Å². The van der Waals surface area contributed by atoms with Gasteiger partial charge in [-0.25, -0.2) is 5.43 Å². The number of benzene rings is 2. The fourth-order valence-electron chi connectivity index (χ4n) is 2.70. The molecule has 0 spiro atoms. The minimum atomic E-state index is -4.54. The van der Waals surface area contributed by atoms with Gasteiger partial charge in [0.15, 0.2) is 6.61 Å². The van der Waals surface area contributed by atoms with Crippen molar-refractivity contribution in [2.75, 3.05) is 11.9 Å². The number of nitrogens with zero attached hydrogens (tertiary/aromatic N) is 1. The number of ether oxygens (including phenoxy) is 1. The summed E-state index contributed by atoms with van der Waals surface area (Å²) in [6.07, 6.45) is -1.90. The van der Waals surface area contributed by atoms with Gasteiger partial charge in [-0.2, -0.15) is 18.3 Å². The van der Waals surface area contributed by atoms with Gasteiger partial charge in [-0.15, -0.1) is 0 Å². The lowest BCUT2D eigenvalue weighted by molar-refractivity contribution is -0.139. The van der Waals surface area contributed by atoms with Crippen LogP contribution in [0.3, 0.4) is 0 Å². The quantitative estimate of drug-likeness (QED) is 0.256. The van der Waals surface area contributed by atoms with E-state index in [2.05, 4.69) is 21.2 Å². The normalized spacial score (nSPS) is 11.2. The van der Waals surface area contributed by atoms with E-state index in [1.807, 2.05) is 0 Å². The summed E-state index contributed by atoms with van der Waals surface area (Å²) >= 11 is 0. The second-order valence-electron chi connectivity index (χ2n) is 6.91. The lowest BCUT2D eigenvalue weighted by Crippen LogP contribution is -2.37. The summed E-state index contributed by atoms with van der Waals surface area (Å²) in [5, 5.41) is 8.39. The molecule has 3 rings (SSSR count). The van der Waals surface area contributed by atoms with Crippen molar-refractivity contribution in [1.29, 1.82) is 0 Å². The molecule has 0 atom stereocenters. The maximum atomic E-state index is 12.8.